The monoisotopic (exact) mass is 344 g/mol. The Kier molecular flexibility index (Phi) is 5.77. The highest BCUT2D eigenvalue weighted by Gasteiger charge is 2.42. The number of aromatic hydroxyl groups is 2. The van der Waals surface area contributed by atoms with Gasteiger partial charge in [-0.2, -0.15) is 13.2 Å². The van der Waals surface area contributed by atoms with Gasteiger partial charge in [0.1, 0.15) is 17.1 Å². The molecule has 1 rings (SSSR count). The van der Waals surface area contributed by atoms with Crippen molar-refractivity contribution >= 4 is 0 Å². The van der Waals surface area contributed by atoms with Crippen LogP contribution in [0.15, 0.2) is 23.8 Å². The van der Waals surface area contributed by atoms with E-state index in [-0.39, 0.29) is 11.1 Å². The molecule has 3 N–H and O–H groups in total. The molecule has 1 aromatic carbocycles. The molecule has 0 aliphatic rings. The van der Waals surface area contributed by atoms with Gasteiger partial charge in [-0.25, -0.2) is 0 Å². The molecule has 0 aliphatic heterocycles. The number of halogens is 3. The smallest absolute Gasteiger partial charge is 0.420 e. The van der Waals surface area contributed by atoms with Crippen molar-refractivity contribution in [2.24, 2.45) is 0 Å². The van der Waals surface area contributed by atoms with Crippen LogP contribution in [0, 0.1) is 6.92 Å². The Balaban J connectivity index is 3.85. The molecule has 0 bridgehead atoms. The Morgan fingerprint density at radius 1 is 1.08 bits per heavy atom. The number of aliphatic hydroxyl groups is 1. The maximum Gasteiger partial charge on any atom is 0.420 e. The summed E-state index contributed by atoms with van der Waals surface area (Å²) >= 11 is 0. The minimum atomic E-state index is -4.90. The van der Waals surface area contributed by atoms with E-state index in [2.05, 4.69) is 0 Å². The van der Waals surface area contributed by atoms with Crippen LogP contribution in [-0.2, 0) is 18.2 Å². The second kappa shape index (κ2) is 6.89. The summed E-state index contributed by atoms with van der Waals surface area (Å²) in [6.45, 7) is 7.31. The number of aliphatic hydroxyl groups excluding tert-OH is 1. The fraction of sp³-hybridized carbons (Fsp3) is 0.444. The van der Waals surface area contributed by atoms with Gasteiger partial charge in [0, 0.05) is 16.5 Å². The molecule has 0 saturated heterocycles. The number of phenolic OH excluding ortho intramolecular Hbond substituents is 1. The van der Waals surface area contributed by atoms with Crippen molar-refractivity contribution in [3.05, 3.63) is 46.1 Å². The minimum Gasteiger partial charge on any atom is -0.507 e. The maximum atomic E-state index is 13.4. The first-order valence-corrected chi connectivity index (χ1v) is 7.46. The number of rotatable bonds is 4. The standard InChI is InChI=1S/C18H23F3O3/c1-6-7-10(2)8-17(4,5)13-11(3)15(23)12(9-22)14(16(13)24)18(19,20)21/h6-8,22-24H,9H2,1-5H3/b7-6-,10-8+. The van der Waals surface area contributed by atoms with Crippen LogP contribution in [-0.4, -0.2) is 15.3 Å². The van der Waals surface area contributed by atoms with Crippen LogP contribution in [0.4, 0.5) is 13.2 Å². The van der Waals surface area contributed by atoms with Gasteiger partial charge in [-0.1, -0.05) is 37.6 Å². The summed E-state index contributed by atoms with van der Waals surface area (Å²) in [5.74, 6) is -1.61. The van der Waals surface area contributed by atoms with Crippen LogP contribution in [0.5, 0.6) is 11.5 Å². The number of phenols is 2. The topological polar surface area (TPSA) is 60.7 Å². The van der Waals surface area contributed by atoms with Gasteiger partial charge >= 0.3 is 6.18 Å². The number of hydrogen-bond acceptors (Lipinski definition) is 3. The predicted octanol–water partition coefficient (Wildman–Crippen LogP) is 4.72. The van der Waals surface area contributed by atoms with E-state index in [0.717, 1.165) is 5.57 Å². The highest BCUT2D eigenvalue weighted by atomic mass is 19.4. The lowest BCUT2D eigenvalue weighted by Gasteiger charge is -2.29. The highest BCUT2D eigenvalue weighted by Crippen LogP contribution is 2.49. The van der Waals surface area contributed by atoms with Crippen LogP contribution in [0.3, 0.4) is 0 Å². The van der Waals surface area contributed by atoms with Crippen LogP contribution in [0.2, 0.25) is 0 Å². The third-order valence-corrected chi connectivity index (χ3v) is 3.90. The molecule has 0 saturated carbocycles. The Morgan fingerprint density at radius 2 is 1.62 bits per heavy atom. The second-order valence-electron chi connectivity index (χ2n) is 6.32. The number of alkyl halides is 3. The number of allylic oxidation sites excluding steroid dienone is 4. The SMILES string of the molecule is C/C=C\C(C)=C\C(C)(C)c1c(C)c(O)c(CO)c(C(F)(F)F)c1O. The van der Waals surface area contributed by atoms with E-state index in [9.17, 15) is 28.5 Å². The number of benzene rings is 1. The Bertz CT molecular complexity index is 684. The Labute approximate surface area is 139 Å². The summed E-state index contributed by atoms with van der Waals surface area (Å²) < 4.78 is 40.1. The molecule has 134 valence electrons. The molecule has 0 amide bonds. The van der Waals surface area contributed by atoms with Gasteiger partial charge in [-0.3, -0.25) is 0 Å². The molecule has 0 aliphatic carbocycles. The average Bonchev–Trinajstić information content (AvgIpc) is 2.40. The molecule has 0 unspecified atom stereocenters. The lowest BCUT2D eigenvalue weighted by molar-refractivity contribution is -0.140. The van der Waals surface area contributed by atoms with Crippen LogP contribution in [0.1, 0.15) is 49.9 Å². The van der Waals surface area contributed by atoms with Crippen LogP contribution >= 0.6 is 0 Å². The van der Waals surface area contributed by atoms with Crippen molar-refractivity contribution in [3.8, 4) is 11.5 Å². The molecular formula is C18H23F3O3. The van der Waals surface area contributed by atoms with E-state index in [0.29, 0.717) is 0 Å². The van der Waals surface area contributed by atoms with Crippen molar-refractivity contribution in [2.75, 3.05) is 0 Å². The molecule has 0 fully saturated rings. The van der Waals surface area contributed by atoms with Crippen LogP contribution in [0.25, 0.3) is 0 Å². The van der Waals surface area contributed by atoms with E-state index in [1.54, 1.807) is 39.0 Å². The van der Waals surface area contributed by atoms with Crippen molar-refractivity contribution < 1.29 is 28.5 Å². The van der Waals surface area contributed by atoms with Gasteiger partial charge in [0.2, 0.25) is 0 Å². The van der Waals surface area contributed by atoms with Crippen molar-refractivity contribution in [2.45, 2.75) is 52.8 Å². The van der Waals surface area contributed by atoms with Gasteiger partial charge in [-0.05, 0) is 26.3 Å². The van der Waals surface area contributed by atoms with Gasteiger partial charge in [0.25, 0.3) is 0 Å². The average molecular weight is 344 g/mol. The molecular weight excluding hydrogens is 321 g/mol. The first-order valence-electron chi connectivity index (χ1n) is 7.46. The predicted molar refractivity (Wildman–Crippen MR) is 87.0 cm³/mol. The molecule has 0 spiro atoms. The summed E-state index contributed by atoms with van der Waals surface area (Å²) in [4.78, 5) is 0. The van der Waals surface area contributed by atoms with Gasteiger partial charge in [-0.15, -0.1) is 0 Å². The van der Waals surface area contributed by atoms with Gasteiger partial charge in [0.05, 0.1) is 6.61 Å². The minimum absolute atomic E-state index is 0.0200. The Hall–Kier alpha value is -1.95. The molecule has 0 aromatic heterocycles. The highest BCUT2D eigenvalue weighted by molar-refractivity contribution is 5.62. The molecule has 6 heteroatoms. The summed E-state index contributed by atoms with van der Waals surface area (Å²) in [7, 11) is 0. The quantitative estimate of drug-likeness (QED) is 0.547. The second-order valence-corrected chi connectivity index (χ2v) is 6.32. The molecule has 0 atom stereocenters. The zero-order chi connectivity index (χ0) is 18.9. The largest absolute Gasteiger partial charge is 0.507 e. The zero-order valence-electron chi connectivity index (χ0n) is 14.4. The summed E-state index contributed by atoms with van der Waals surface area (Å²) in [6.07, 6.45) is 0.399. The summed E-state index contributed by atoms with van der Waals surface area (Å²) in [5, 5.41) is 29.7. The molecule has 1 aromatic rings. The van der Waals surface area contributed by atoms with E-state index in [4.69, 9.17) is 0 Å². The van der Waals surface area contributed by atoms with Gasteiger partial charge < -0.3 is 15.3 Å². The van der Waals surface area contributed by atoms with E-state index in [1.807, 2.05) is 6.92 Å². The molecule has 3 nitrogen and oxygen atoms in total. The van der Waals surface area contributed by atoms with Crippen molar-refractivity contribution in [1.29, 1.82) is 0 Å². The maximum absolute atomic E-state index is 13.4. The third kappa shape index (κ3) is 3.75. The fourth-order valence-corrected chi connectivity index (χ4v) is 3.11. The lowest BCUT2D eigenvalue weighted by Crippen LogP contribution is -2.20. The normalized spacial score (nSPS) is 13.8. The fourth-order valence-electron chi connectivity index (χ4n) is 3.11. The molecule has 0 heterocycles. The number of hydrogen-bond donors (Lipinski definition) is 3. The van der Waals surface area contributed by atoms with Crippen molar-refractivity contribution in [3.63, 3.8) is 0 Å². The molecule has 0 radical (unpaired) electrons. The van der Waals surface area contributed by atoms with Crippen LogP contribution < -0.4 is 0 Å². The first-order chi connectivity index (χ1) is 10.9. The zero-order valence-corrected chi connectivity index (χ0v) is 14.4. The third-order valence-electron chi connectivity index (χ3n) is 3.90. The molecule has 24 heavy (non-hydrogen) atoms. The summed E-state index contributed by atoms with van der Waals surface area (Å²) in [6, 6.07) is 0. The lowest BCUT2D eigenvalue weighted by atomic mass is 9.77. The Morgan fingerprint density at radius 3 is 2.04 bits per heavy atom. The van der Waals surface area contributed by atoms with E-state index < -0.39 is 40.8 Å². The first kappa shape index (κ1) is 20.1. The summed E-state index contributed by atoms with van der Waals surface area (Å²) in [5.41, 5.74) is -2.18. The van der Waals surface area contributed by atoms with Crippen molar-refractivity contribution in [1.82, 2.24) is 0 Å². The van der Waals surface area contributed by atoms with E-state index >= 15 is 0 Å². The van der Waals surface area contributed by atoms with E-state index in [1.165, 1.54) is 6.92 Å². The van der Waals surface area contributed by atoms with Gasteiger partial charge in [0.15, 0.2) is 0 Å².